The van der Waals surface area contributed by atoms with E-state index in [1.807, 2.05) is 0 Å². The van der Waals surface area contributed by atoms with Gasteiger partial charge >= 0.3 is 5.97 Å². The summed E-state index contributed by atoms with van der Waals surface area (Å²) in [5, 5.41) is 8.59. The number of halogens is 4. The van der Waals surface area contributed by atoms with Crippen LogP contribution in [-0.2, 0) is 16.5 Å². The van der Waals surface area contributed by atoms with Crippen molar-refractivity contribution in [3.63, 3.8) is 0 Å². The van der Waals surface area contributed by atoms with Gasteiger partial charge < -0.3 is 5.11 Å². The van der Waals surface area contributed by atoms with Crippen LogP contribution in [0.25, 0.3) is 0 Å². The lowest BCUT2D eigenvalue weighted by molar-refractivity contribution is -0.136. The highest BCUT2D eigenvalue weighted by Gasteiger charge is 2.18. The van der Waals surface area contributed by atoms with Crippen molar-refractivity contribution in [2.75, 3.05) is 0 Å². The SMILES string of the molecule is O=C(O)Cc1cc(C(F)F)c(CBr)c(Cl)n1. The zero-order valence-electron chi connectivity index (χ0n) is 7.88. The van der Waals surface area contributed by atoms with Gasteiger partial charge in [0, 0.05) is 16.5 Å². The molecule has 0 spiro atoms. The fourth-order valence-corrected chi connectivity index (χ4v) is 2.22. The summed E-state index contributed by atoms with van der Waals surface area (Å²) < 4.78 is 25.3. The topological polar surface area (TPSA) is 50.2 Å². The molecule has 0 aliphatic rings. The molecule has 0 fully saturated rings. The highest BCUT2D eigenvalue weighted by Crippen LogP contribution is 2.29. The van der Waals surface area contributed by atoms with E-state index in [2.05, 4.69) is 20.9 Å². The van der Waals surface area contributed by atoms with Crippen molar-refractivity contribution in [3.8, 4) is 0 Å². The molecule has 1 aromatic heterocycles. The van der Waals surface area contributed by atoms with Crippen LogP contribution in [-0.4, -0.2) is 16.1 Å². The molecular formula is C9H7BrClF2NO2. The molecular weight excluding hydrogens is 307 g/mol. The summed E-state index contributed by atoms with van der Waals surface area (Å²) in [5.74, 6) is -1.14. The maximum absolute atomic E-state index is 12.7. The highest BCUT2D eigenvalue weighted by molar-refractivity contribution is 9.08. The first-order valence-corrected chi connectivity index (χ1v) is 5.69. The Morgan fingerprint density at radius 2 is 2.25 bits per heavy atom. The fraction of sp³-hybridized carbons (Fsp3) is 0.333. The minimum atomic E-state index is -2.71. The first kappa shape index (κ1) is 13.3. The van der Waals surface area contributed by atoms with E-state index >= 15 is 0 Å². The number of hydrogen-bond acceptors (Lipinski definition) is 2. The molecule has 1 N–H and O–H groups in total. The Balaban J connectivity index is 3.22. The van der Waals surface area contributed by atoms with E-state index in [1.165, 1.54) is 0 Å². The molecule has 0 atom stereocenters. The van der Waals surface area contributed by atoms with Crippen LogP contribution < -0.4 is 0 Å². The molecule has 3 nitrogen and oxygen atoms in total. The van der Waals surface area contributed by atoms with Crippen molar-refractivity contribution in [3.05, 3.63) is 28.0 Å². The van der Waals surface area contributed by atoms with Crippen LogP contribution in [0.5, 0.6) is 0 Å². The average molecular weight is 315 g/mol. The summed E-state index contributed by atoms with van der Waals surface area (Å²) in [6, 6.07) is 1.07. The number of aromatic nitrogens is 1. The van der Waals surface area contributed by atoms with Crippen molar-refractivity contribution in [2.45, 2.75) is 18.2 Å². The Kier molecular flexibility index (Phi) is 4.61. The summed E-state index contributed by atoms with van der Waals surface area (Å²) >= 11 is 8.72. The Hall–Kier alpha value is -0.750. The number of nitrogens with zero attached hydrogens (tertiary/aromatic N) is 1. The highest BCUT2D eigenvalue weighted by atomic mass is 79.9. The predicted octanol–water partition coefficient (Wildman–Crippen LogP) is 3.19. The minimum Gasteiger partial charge on any atom is -0.481 e. The lowest BCUT2D eigenvalue weighted by Crippen LogP contribution is -2.06. The van der Waals surface area contributed by atoms with Gasteiger partial charge in [0.2, 0.25) is 0 Å². The lowest BCUT2D eigenvalue weighted by Gasteiger charge is -2.09. The van der Waals surface area contributed by atoms with Crippen molar-refractivity contribution in [1.29, 1.82) is 0 Å². The van der Waals surface area contributed by atoms with E-state index in [-0.39, 0.29) is 27.3 Å². The Morgan fingerprint density at radius 1 is 1.62 bits per heavy atom. The number of carboxylic acids is 1. The Bertz CT molecular complexity index is 415. The van der Waals surface area contributed by atoms with Gasteiger partial charge in [-0.2, -0.15) is 0 Å². The number of aliphatic carboxylic acids is 1. The Labute approximate surface area is 104 Å². The quantitative estimate of drug-likeness (QED) is 0.686. The molecule has 0 aromatic carbocycles. The van der Waals surface area contributed by atoms with Gasteiger partial charge in [0.25, 0.3) is 6.43 Å². The number of pyridine rings is 1. The van der Waals surface area contributed by atoms with E-state index in [9.17, 15) is 13.6 Å². The first-order valence-electron chi connectivity index (χ1n) is 4.19. The van der Waals surface area contributed by atoms with Crippen LogP contribution in [0.1, 0.15) is 23.2 Å². The summed E-state index contributed by atoms with van der Waals surface area (Å²) in [5.41, 5.74) is -0.0727. The van der Waals surface area contributed by atoms with Crippen molar-refractivity contribution in [1.82, 2.24) is 4.98 Å². The van der Waals surface area contributed by atoms with Gasteiger partial charge in [-0.05, 0) is 6.07 Å². The predicted molar refractivity (Wildman–Crippen MR) is 58.2 cm³/mol. The smallest absolute Gasteiger partial charge is 0.309 e. The third-order valence-corrected chi connectivity index (χ3v) is 2.74. The summed E-state index contributed by atoms with van der Waals surface area (Å²) in [6.45, 7) is 0. The van der Waals surface area contributed by atoms with Crippen molar-refractivity contribution < 1.29 is 18.7 Å². The molecule has 0 unspecified atom stereocenters. The maximum atomic E-state index is 12.7. The molecule has 0 aliphatic heterocycles. The molecule has 0 amide bonds. The van der Waals surface area contributed by atoms with Gasteiger partial charge in [-0.1, -0.05) is 27.5 Å². The lowest BCUT2D eigenvalue weighted by atomic mass is 10.1. The maximum Gasteiger partial charge on any atom is 0.309 e. The number of carbonyl (C=O) groups is 1. The van der Waals surface area contributed by atoms with Gasteiger partial charge in [0.05, 0.1) is 12.1 Å². The van der Waals surface area contributed by atoms with E-state index in [0.29, 0.717) is 0 Å². The number of rotatable bonds is 4. The average Bonchev–Trinajstić information content (AvgIpc) is 2.15. The second-order valence-corrected chi connectivity index (χ2v) is 3.90. The molecule has 0 radical (unpaired) electrons. The van der Waals surface area contributed by atoms with Gasteiger partial charge in [-0.3, -0.25) is 4.79 Å². The van der Waals surface area contributed by atoms with Crippen molar-refractivity contribution in [2.24, 2.45) is 0 Å². The van der Waals surface area contributed by atoms with E-state index in [4.69, 9.17) is 16.7 Å². The fourth-order valence-electron chi connectivity index (χ4n) is 1.18. The third kappa shape index (κ3) is 3.12. The summed E-state index contributed by atoms with van der Waals surface area (Å²) in [6.07, 6.45) is -3.14. The van der Waals surface area contributed by atoms with Crippen LogP contribution in [0.4, 0.5) is 8.78 Å². The van der Waals surface area contributed by atoms with Crippen LogP contribution in [0.3, 0.4) is 0 Å². The van der Waals surface area contributed by atoms with Crippen LogP contribution in [0, 0.1) is 0 Å². The van der Waals surface area contributed by atoms with Gasteiger partial charge in [0.15, 0.2) is 0 Å². The second-order valence-electron chi connectivity index (χ2n) is 2.98. The second kappa shape index (κ2) is 5.54. The zero-order valence-corrected chi connectivity index (χ0v) is 10.2. The standard InChI is InChI=1S/C9H7BrClF2NO2/c10-3-6-5(9(12)13)1-4(2-7(15)16)14-8(6)11/h1,9H,2-3H2,(H,15,16). The van der Waals surface area contributed by atoms with Gasteiger partial charge in [-0.25, -0.2) is 13.8 Å². The van der Waals surface area contributed by atoms with Crippen LogP contribution >= 0.6 is 27.5 Å². The van der Waals surface area contributed by atoms with Gasteiger partial charge in [-0.15, -0.1) is 0 Å². The van der Waals surface area contributed by atoms with Crippen LogP contribution in [0.15, 0.2) is 6.07 Å². The molecule has 0 saturated carbocycles. The van der Waals surface area contributed by atoms with Crippen LogP contribution in [0.2, 0.25) is 5.15 Å². The summed E-state index contributed by atoms with van der Waals surface area (Å²) in [7, 11) is 0. The minimum absolute atomic E-state index is 0.0255. The van der Waals surface area contributed by atoms with E-state index in [0.717, 1.165) is 6.07 Å². The normalized spacial score (nSPS) is 10.8. The molecule has 0 aliphatic carbocycles. The molecule has 16 heavy (non-hydrogen) atoms. The molecule has 1 rings (SSSR count). The molecule has 0 bridgehead atoms. The largest absolute Gasteiger partial charge is 0.481 e. The Morgan fingerprint density at radius 3 is 2.69 bits per heavy atom. The van der Waals surface area contributed by atoms with Gasteiger partial charge in [0.1, 0.15) is 5.15 Å². The molecule has 7 heteroatoms. The monoisotopic (exact) mass is 313 g/mol. The molecule has 1 aromatic rings. The molecule has 88 valence electrons. The molecule has 0 saturated heterocycles. The van der Waals surface area contributed by atoms with E-state index < -0.39 is 18.8 Å². The van der Waals surface area contributed by atoms with Crippen molar-refractivity contribution >= 4 is 33.5 Å². The van der Waals surface area contributed by atoms with E-state index in [1.54, 1.807) is 0 Å². The molecule has 1 heterocycles. The zero-order chi connectivity index (χ0) is 12.3. The number of alkyl halides is 3. The first-order chi connectivity index (χ1) is 7.45. The number of hydrogen-bond donors (Lipinski definition) is 1. The summed E-state index contributed by atoms with van der Waals surface area (Å²) in [4.78, 5) is 14.2. The number of carboxylic acid groups (broad SMARTS) is 1. The third-order valence-electron chi connectivity index (χ3n) is 1.86.